The Bertz CT molecular complexity index is 300. The van der Waals surface area contributed by atoms with Gasteiger partial charge >= 0.3 is 0 Å². The maximum atomic E-state index is 11.3. The van der Waals surface area contributed by atoms with E-state index in [0.717, 1.165) is 12.3 Å². The summed E-state index contributed by atoms with van der Waals surface area (Å²) in [5.74, 6) is 1.27. The van der Waals surface area contributed by atoms with Crippen LogP contribution in [-0.2, 0) is 4.79 Å². The minimum Gasteiger partial charge on any atom is -0.370 e. The second kappa shape index (κ2) is 10.5. The number of aliphatic imine (C=N–C) groups is 1. The molecule has 4 N–H and O–H groups in total. The van der Waals surface area contributed by atoms with Crippen LogP contribution in [0.2, 0.25) is 0 Å². The summed E-state index contributed by atoms with van der Waals surface area (Å²) in [6, 6.07) is 0.336. The zero-order chi connectivity index (χ0) is 15.5. The summed E-state index contributed by atoms with van der Waals surface area (Å²) in [5, 5.41) is 5.99. The maximum absolute atomic E-state index is 11.3. The molecule has 0 aromatic carbocycles. The van der Waals surface area contributed by atoms with Crippen molar-refractivity contribution in [3.8, 4) is 0 Å². The van der Waals surface area contributed by atoms with Crippen molar-refractivity contribution in [2.45, 2.75) is 59.9 Å². The van der Waals surface area contributed by atoms with Crippen molar-refractivity contribution >= 4 is 11.9 Å². The SMILES string of the molecule is CC(C)CCCC(C)NC(N)=NCCNC(=O)C(C)C. The Kier molecular flexibility index (Phi) is 9.86. The van der Waals surface area contributed by atoms with E-state index in [1.165, 1.54) is 12.8 Å². The quantitative estimate of drug-likeness (QED) is 0.343. The van der Waals surface area contributed by atoms with Gasteiger partial charge in [-0.05, 0) is 19.3 Å². The van der Waals surface area contributed by atoms with E-state index in [-0.39, 0.29) is 11.8 Å². The van der Waals surface area contributed by atoms with Crippen LogP contribution >= 0.6 is 0 Å². The van der Waals surface area contributed by atoms with Crippen LogP contribution in [0.15, 0.2) is 4.99 Å². The fourth-order valence-electron chi connectivity index (χ4n) is 1.76. The van der Waals surface area contributed by atoms with Gasteiger partial charge in [0.2, 0.25) is 5.91 Å². The summed E-state index contributed by atoms with van der Waals surface area (Å²) in [6.45, 7) is 11.4. The molecule has 5 heteroatoms. The summed E-state index contributed by atoms with van der Waals surface area (Å²) in [6.07, 6.45) is 3.53. The Morgan fingerprint density at radius 2 is 1.80 bits per heavy atom. The van der Waals surface area contributed by atoms with E-state index in [9.17, 15) is 4.79 Å². The normalized spacial score (nSPS) is 13.7. The van der Waals surface area contributed by atoms with E-state index >= 15 is 0 Å². The van der Waals surface area contributed by atoms with Crippen molar-refractivity contribution in [3.05, 3.63) is 0 Å². The number of hydrogen-bond acceptors (Lipinski definition) is 2. The van der Waals surface area contributed by atoms with Gasteiger partial charge in [0.05, 0.1) is 6.54 Å². The van der Waals surface area contributed by atoms with Gasteiger partial charge in [0.15, 0.2) is 5.96 Å². The Morgan fingerprint density at radius 1 is 1.15 bits per heavy atom. The number of nitrogens with two attached hydrogens (primary N) is 1. The summed E-state index contributed by atoms with van der Waals surface area (Å²) in [4.78, 5) is 15.5. The summed E-state index contributed by atoms with van der Waals surface area (Å²) in [5.41, 5.74) is 5.81. The first-order valence-electron chi connectivity index (χ1n) is 7.67. The second-order valence-corrected chi connectivity index (χ2v) is 6.08. The molecular weight excluding hydrogens is 252 g/mol. The topological polar surface area (TPSA) is 79.5 Å². The smallest absolute Gasteiger partial charge is 0.222 e. The van der Waals surface area contributed by atoms with Crippen molar-refractivity contribution in [3.63, 3.8) is 0 Å². The molecule has 5 nitrogen and oxygen atoms in total. The van der Waals surface area contributed by atoms with Gasteiger partial charge in [-0.3, -0.25) is 9.79 Å². The number of amides is 1. The Balaban J connectivity index is 3.76. The minimum atomic E-state index is 0.00966. The fourth-order valence-corrected chi connectivity index (χ4v) is 1.76. The van der Waals surface area contributed by atoms with Gasteiger partial charge in [-0.25, -0.2) is 0 Å². The highest BCUT2D eigenvalue weighted by molar-refractivity contribution is 5.78. The van der Waals surface area contributed by atoms with Crippen molar-refractivity contribution in [2.75, 3.05) is 13.1 Å². The van der Waals surface area contributed by atoms with Gasteiger partial charge in [-0.1, -0.05) is 40.5 Å². The predicted octanol–water partition coefficient (Wildman–Crippen LogP) is 1.88. The van der Waals surface area contributed by atoms with Crippen LogP contribution in [0, 0.1) is 11.8 Å². The van der Waals surface area contributed by atoms with E-state index in [4.69, 9.17) is 5.73 Å². The van der Waals surface area contributed by atoms with Crippen LogP contribution in [0.5, 0.6) is 0 Å². The molecule has 0 aliphatic heterocycles. The molecule has 118 valence electrons. The van der Waals surface area contributed by atoms with Crippen molar-refractivity contribution < 1.29 is 4.79 Å². The Hall–Kier alpha value is -1.26. The van der Waals surface area contributed by atoms with Gasteiger partial charge in [0.1, 0.15) is 0 Å². The molecule has 0 bridgehead atoms. The number of carbonyl (C=O) groups is 1. The summed E-state index contributed by atoms with van der Waals surface area (Å²) >= 11 is 0. The summed E-state index contributed by atoms with van der Waals surface area (Å²) < 4.78 is 0. The van der Waals surface area contributed by atoms with Crippen LogP contribution in [0.4, 0.5) is 0 Å². The number of hydrogen-bond donors (Lipinski definition) is 3. The Morgan fingerprint density at radius 3 is 2.35 bits per heavy atom. The highest BCUT2D eigenvalue weighted by Crippen LogP contribution is 2.07. The molecule has 0 spiro atoms. The third kappa shape index (κ3) is 10.6. The fraction of sp³-hybridized carbons (Fsp3) is 0.867. The molecule has 1 atom stereocenters. The molecular formula is C15H32N4O. The molecule has 0 radical (unpaired) electrons. The standard InChI is InChI=1S/C15H32N4O/c1-11(2)7-6-8-13(5)19-15(16)18-10-9-17-14(20)12(3)4/h11-13H,6-10H2,1-5H3,(H,17,20)(H3,16,18,19). The first-order valence-corrected chi connectivity index (χ1v) is 7.67. The number of rotatable bonds is 9. The molecule has 0 aliphatic rings. The van der Waals surface area contributed by atoms with E-state index in [2.05, 4.69) is 36.4 Å². The number of nitrogens with zero attached hydrogens (tertiary/aromatic N) is 1. The largest absolute Gasteiger partial charge is 0.370 e. The van der Waals surface area contributed by atoms with E-state index in [0.29, 0.717) is 25.1 Å². The van der Waals surface area contributed by atoms with Gasteiger partial charge < -0.3 is 16.4 Å². The molecule has 1 unspecified atom stereocenters. The highest BCUT2D eigenvalue weighted by Gasteiger charge is 2.05. The van der Waals surface area contributed by atoms with Gasteiger partial charge in [-0.2, -0.15) is 0 Å². The summed E-state index contributed by atoms with van der Waals surface area (Å²) in [7, 11) is 0. The lowest BCUT2D eigenvalue weighted by Gasteiger charge is -2.15. The average molecular weight is 284 g/mol. The lowest BCUT2D eigenvalue weighted by atomic mass is 10.0. The number of nitrogens with one attached hydrogen (secondary N) is 2. The van der Waals surface area contributed by atoms with Crippen molar-refractivity contribution in [1.29, 1.82) is 0 Å². The van der Waals surface area contributed by atoms with Gasteiger partial charge in [-0.15, -0.1) is 0 Å². The van der Waals surface area contributed by atoms with E-state index in [1.54, 1.807) is 0 Å². The molecule has 0 aromatic heterocycles. The third-order valence-corrected chi connectivity index (χ3v) is 3.03. The Labute approximate surface area is 123 Å². The monoisotopic (exact) mass is 284 g/mol. The number of guanidine groups is 1. The van der Waals surface area contributed by atoms with E-state index in [1.807, 2.05) is 13.8 Å². The number of carbonyl (C=O) groups excluding carboxylic acids is 1. The first kappa shape index (κ1) is 18.7. The molecule has 1 amide bonds. The third-order valence-electron chi connectivity index (χ3n) is 3.03. The molecule has 0 saturated carbocycles. The van der Waals surface area contributed by atoms with Crippen molar-refractivity contribution in [1.82, 2.24) is 10.6 Å². The van der Waals surface area contributed by atoms with Crippen LogP contribution in [0.3, 0.4) is 0 Å². The van der Waals surface area contributed by atoms with Crippen molar-refractivity contribution in [2.24, 2.45) is 22.6 Å². The lowest BCUT2D eigenvalue weighted by molar-refractivity contribution is -0.123. The maximum Gasteiger partial charge on any atom is 0.222 e. The molecule has 0 rings (SSSR count). The second-order valence-electron chi connectivity index (χ2n) is 6.08. The molecule has 0 fully saturated rings. The first-order chi connectivity index (χ1) is 9.32. The molecule has 0 aliphatic carbocycles. The van der Waals surface area contributed by atoms with Crippen LogP contribution in [0.1, 0.15) is 53.9 Å². The zero-order valence-corrected chi connectivity index (χ0v) is 13.7. The van der Waals surface area contributed by atoms with Crippen LogP contribution in [0.25, 0.3) is 0 Å². The van der Waals surface area contributed by atoms with Crippen LogP contribution in [-0.4, -0.2) is 31.0 Å². The average Bonchev–Trinajstić information content (AvgIpc) is 2.33. The molecule has 20 heavy (non-hydrogen) atoms. The zero-order valence-electron chi connectivity index (χ0n) is 13.7. The molecule has 0 saturated heterocycles. The van der Waals surface area contributed by atoms with Gasteiger partial charge in [0.25, 0.3) is 0 Å². The molecule has 0 aromatic rings. The lowest BCUT2D eigenvalue weighted by Crippen LogP contribution is -2.39. The van der Waals surface area contributed by atoms with E-state index < -0.39 is 0 Å². The van der Waals surface area contributed by atoms with Gasteiger partial charge in [0, 0.05) is 18.5 Å². The minimum absolute atomic E-state index is 0.00966. The molecule has 0 heterocycles. The highest BCUT2D eigenvalue weighted by atomic mass is 16.1. The van der Waals surface area contributed by atoms with Crippen LogP contribution < -0.4 is 16.4 Å². The predicted molar refractivity (Wildman–Crippen MR) is 85.6 cm³/mol.